The minimum atomic E-state index is -3.41. The first kappa shape index (κ1) is 19.1. The molecule has 1 aromatic carbocycles. The van der Waals surface area contributed by atoms with Gasteiger partial charge in [-0.1, -0.05) is 18.2 Å². The molecule has 0 aromatic heterocycles. The standard InChI is InChI=1S/C17H23N3O4S/c1-2-10-18-16(21)17(22)19-11-9-14-5-7-15(8-6-14)25(23,24)20-12-3-4-13-20/h2,5-8H,1,3-4,9-13H2,(H,18,21)(H,19,22). The lowest BCUT2D eigenvalue weighted by Crippen LogP contribution is -2.40. The van der Waals surface area contributed by atoms with Gasteiger partial charge in [0.1, 0.15) is 0 Å². The smallest absolute Gasteiger partial charge is 0.309 e. The second-order valence-corrected chi connectivity index (χ2v) is 7.70. The highest BCUT2D eigenvalue weighted by molar-refractivity contribution is 7.89. The molecule has 0 unspecified atom stereocenters. The SMILES string of the molecule is C=CCNC(=O)C(=O)NCCc1ccc(S(=O)(=O)N2CCCC2)cc1. The van der Waals surface area contributed by atoms with Crippen LogP contribution in [-0.2, 0) is 26.0 Å². The summed E-state index contributed by atoms with van der Waals surface area (Å²) in [5.41, 5.74) is 0.882. The fourth-order valence-electron chi connectivity index (χ4n) is 2.55. The van der Waals surface area contributed by atoms with Gasteiger partial charge >= 0.3 is 11.8 Å². The second kappa shape index (κ2) is 8.77. The van der Waals surface area contributed by atoms with Crippen LogP contribution in [0.5, 0.6) is 0 Å². The van der Waals surface area contributed by atoms with Crippen molar-refractivity contribution in [1.82, 2.24) is 14.9 Å². The fraction of sp³-hybridized carbons (Fsp3) is 0.412. The molecule has 1 aliphatic rings. The number of benzene rings is 1. The molecule has 25 heavy (non-hydrogen) atoms. The van der Waals surface area contributed by atoms with Crippen molar-refractivity contribution in [3.05, 3.63) is 42.5 Å². The lowest BCUT2D eigenvalue weighted by atomic mass is 10.1. The normalized spacial score (nSPS) is 14.9. The van der Waals surface area contributed by atoms with Crippen molar-refractivity contribution in [3.8, 4) is 0 Å². The number of carbonyl (C=O) groups is 2. The van der Waals surface area contributed by atoms with Crippen LogP contribution in [0.3, 0.4) is 0 Å². The first-order chi connectivity index (χ1) is 11.9. The molecule has 0 spiro atoms. The van der Waals surface area contributed by atoms with Crippen LogP contribution in [0.15, 0.2) is 41.8 Å². The van der Waals surface area contributed by atoms with Crippen LogP contribution in [0.25, 0.3) is 0 Å². The van der Waals surface area contributed by atoms with Crippen molar-refractivity contribution in [2.75, 3.05) is 26.2 Å². The molecule has 0 atom stereocenters. The Balaban J connectivity index is 1.85. The minimum absolute atomic E-state index is 0.235. The number of amides is 2. The summed E-state index contributed by atoms with van der Waals surface area (Å²) in [6.45, 7) is 5.12. The van der Waals surface area contributed by atoms with Gasteiger partial charge in [-0.25, -0.2) is 8.42 Å². The minimum Gasteiger partial charge on any atom is -0.348 e. The van der Waals surface area contributed by atoms with Gasteiger partial charge in [-0.05, 0) is 37.0 Å². The van der Waals surface area contributed by atoms with Gasteiger partial charge in [-0.2, -0.15) is 4.31 Å². The summed E-state index contributed by atoms with van der Waals surface area (Å²) in [6, 6.07) is 6.63. The second-order valence-electron chi connectivity index (χ2n) is 5.76. The number of nitrogens with zero attached hydrogens (tertiary/aromatic N) is 1. The Labute approximate surface area is 148 Å². The Morgan fingerprint density at radius 2 is 1.68 bits per heavy atom. The van der Waals surface area contributed by atoms with Crippen LogP contribution in [0.2, 0.25) is 0 Å². The summed E-state index contributed by atoms with van der Waals surface area (Å²) >= 11 is 0. The Bertz CT molecular complexity index is 723. The third-order valence-electron chi connectivity index (χ3n) is 3.94. The van der Waals surface area contributed by atoms with Crippen LogP contribution in [0, 0.1) is 0 Å². The third-order valence-corrected chi connectivity index (χ3v) is 5.85. The van der Waals surface area contributed by atoms with Crippen molar-refractivity contribution < 1.29 is 18.0 Å². The topological polar surface area (TPSA) is 95.6 Å². The molecule has 0 saturated carbocycles. The van der Waals surface area contributed by atoms with Crippen molar-refractivity contribution in [2.45, 2.75) is 24.2 Å². The summed E-state index contributed by atoms with van der Waals surface area (Å²) in [6.07, 6.45) is 3.79. The fourth-order valence-corrected chi connectivity index (χ4v) is 4.07. The van der Waals surface area contributed by atoms with E-state index in [0.29, 0.717) is 26.1 Å². The maximum Gasteiger partial charge on any atom is 0.309 e. The Hall–Kier alpha value is -2.19. The van der Waals surface area contributed by atoms with E-state index in [1.54, 1.807) is 24.3 Å². The summed E-state index contributed by atoms with van der Waals surface area (Å²) < 4.78 is 26.4. The average molecular weight is 365 g/mol. The molecule has 1 fully saturated rings. The van der Waals surface area contributed by atoms with Crippen molar-refractivity contribution in [3.63, 3.8) is 0 Å². The molecule has 1 aliphatic heterocycles. The van der Waals surface area contributed by atoms with E-state index < -0.39 is 21.8 Å². The van der Waals surface area contributed by atoms with E-state index in [9.17, 15) is 18.0 Å². The van der Waals surface area contributed by atoms with Gasteiger partial charge in [-0.3, -0.25) is 9.59 Å². The maximum atomic E-state index is 12.4. The van der Waals surface area contributed by atoms with Gasteiger partial charge in [-0.15, -0.1) is 6.58 Å². The van der Waals surface area contributed by atoms with Gasteiger partial charge in [0.05, 0.1) is 4.90 Å². The molecule has 2 rings (SSSR count). The van der Waals surface area contributed by atoms with Gasteiger partial charge in [0, 0.05) is 26.2 Å². The molecule has 1 aromatic rings. The zero-order chi connectivity index (χ0) is 18.3. The van der Waals surface area contributed by atoms with E-state index in [2.05, 4.69) is 17.2 Å². The van der Waals surface area contributed by atoms with E-state index in [1.165, 1.54) is 10.4 Å². The molecular weight excluding hydrogens is 342 g/mol. The first-order valence-electron chi connectivity index (χ1n) is 8.21. The van der Waals surface area contributed by atoms with E-state index in [-0.39, 0.29) is 11.4 Å². The van der Waals surface area contributed by atoms with Crippen LogP contribution in [0.1, 0.15) is 18.4 Å². The first-order valence-corrected chi connectivity index (χ1v) is 9.65. The van der Waals surface area contributed by atoms with E-state index in [0.717, 1.165) is 18.4 Å². The molecule has 8 heteroatoms. The molecule has 2 N–H and O–H groups in total. The third kappa shape index (κ3) is 5.14. The Kier molecular flexibility index (Phi) is 6.72. The number of nitrogens with one attached hydrogen (secondary N) is 2. The largest absolute Gasteiger partial charge is 0.348 e. The van der Waals surface area contributed by atoms with E-state index >= 15 is 0 Å². The highest BCUT2D eigenvalue weighted by Crippen LogP contribution is 2.21. The predicted molar refractivity (Wildman–Crippen MR) is 94.4 cm³/mol. The van der Waals surface area contributed by atoms with E-state index in [1.807, 2.05) is 0 Å². The lowest BCUT2D eigenvalue weighted by Gasteiger charge is -2.15. The number of hydrogen-bond acceptors (Lipinski definition) is 4. The van der Waals surface area contributed by atoms with Gasteiger partial charge in [0.25, 0.3) is 0 Å². The van der Waals surface area contributed by atoms with Gasteiger partial charge < -0.3 is 10.6 Å². The monoisotopic (exact) mass is 365 g/mol. The quantitative estimate of drug-likeness (QED) is 0.541. The lowest BCUT2D eigenvalue weighted by molar-refractivity contribution is -0.139. The van der Waals surface area contributed by atoms with Crippen molar-refractivity contribution in [1.29, 1.82) is 0 Å². The predicted octanol–water partition coefficient (Wildman–Crippen LogP) is 0.432. The molecule has 136 valence electrons. The number of rotatable bonds is 7. The molecule has 0 bridgehead atoms. The number of hydrogen-bond donors (Lipinski definition) is 2. The van der Waals surface area contributed by atoms with Crippen LogP contribution in [0.4, 0.5) is 0 Å². The number of carbonyl (C=O) groups excluding carboxylic acids is 2. The maximum absolute atomic E-state index is 12.4. The summed E-state index contributed by atoms with van der Waals surface area (Å²) in [7, 11) is -3.41. The molecular formula is C17H23N3O4S. The average Bonchev–Trinajstić information content (AvgIpc) is 3.15. The molecule has 0 radical (unpaired) electrons. The summed E-state index contributed by atoms with van der Waals surface area (Å²) in [4.78, 5) is 23.2. The zero-order valence-electron chi connectivity index (χ0n) is 14.0. The highest BCUT2D eigenvalue weighted by atomic mass is 32.2. The summed E-state index contributed by atoms with van der Waals surface area (Å²) in [5.74, 6) is -1.40. The number of sulfonamides is 1. The highest BCUT2D eigenvalue weighted by Gasteiger charge is 2.26. The molecule has 0 aliphatic carbocycles. The molecule has 1 heterocycles. The molecule has 2 amide bonds. The van der Waals surface area contributed by atoms with E-state index in [4.69, 9.17) is 0 Å². The van der Waals surface area contributed by atoms with Crippen molar-refractivity contribution >= 4 is 21.8 Å². The molecule has 7 nitrogen and oxygen atoms in total. The van der Waals surface area contributed by atoms with Crippen molar-refractivity contribution in [2.24, 2.45) is 0 Å². The Morgan fingerprint density at radius 1 is 1.08 bits per heavy atom. The van der Waals surface area contributed by atoms with Crippen LogP contribution in [-0.4, -0.2) is 50.7 Å². The zero-order valence-corrected chi connectivity index (χ0v) is 14.8. The Morgan fingerprint density at radius 3 is 2.28 bits per heavy atom. The van der Waals surface area contributed by atoms with Crippen LogP contribution < -0.4 is 10.6 Å². The van der Waals surface area contributed by atoms with Crippen LogP contribution >= 0.6 is 0 Å². The summed E-state index contributed by atoms with van der Waals surface area (Å²) in [5, 5.41) is 4.91. The van der Waals surface area contributed by atoms with Gasteiger partial charge in [0.2, 0.25) is 10.0 Å². The molecule has 1 saturated heterocycles. The van der Waals surface area contributed by atoms with Gasteiger partial charge in [0.15, 0.2) is 0 Å².